The van der Waals surface area contributed by atoms with Gasteiger partial charge in [0, 0.05) is 11.8 Å². The number of carbonyl (C=O) groups excluding carboxylic acids is 1. The topological polar surface area (TPSA) is 52.8 Å². The summed E-state index contributed by atoms with van der Waals surface area (Å²) < 4.78 is 12.2. The van der Waals surface area contributed by atoms with Gasteiger partial charge >= 0.3 is 0 Å². The molecule has 144 valence electrons. The molecule has 1 aliphatic rings. The molecule has 0 spiro atoms. The molecule has 0 saturated heterocycles. The zero-order valence-corrected chi connectivity index (χ0v) is 16.8. The third-order valence-electron chi connectivity index (χ3n) is 4.88. The van der Waals surface area contributed by atoms with Gasteiger partial charge in [-0.1, -0.05) is 30.9 Å². The summed E-state index contributed by atoms with van der Waals surface area (Å²) in [6.07, 6.45) is 7.57. The van der Waals surface area contributed by atoms with E-state index in [0.717, 1.165) is 18.4 Å². The first-order valence-corrected chi connectivity index (χ1v) is 9.60. The summed E-state index contributed by atoms with van der Waals surface area (Å²) >= 11 is 6.28. The first-order valence-electron chi connectivity index (χ1n) is 9.23. The summed E-state index contributed by atoms with van der Waals surface area (Å²) in [5.41, 5.74) is 2.17. The highest BCUT2D eigenvalue weighted by Crippen LogP contribution is 2.36. The summed E-state index contributed by atoms with van der Waals surface area (Å²) in [5, 5.41) is 0.332. The molecule has 2 aromatic rings. The minimum Gasteiger partial charge on any atom is -0.493 e. The number of hydrogen-bond acceptors (Lipinski definition) is 4. The highest BCUT2D eigenvalue weighted by atomic mass is 35.5. The van der Waals surface area contributed by atoms with E-state index < -0.39 is 0 Å². The van der Waals surface area contributed by atoms with Gasteiger partial charge in [-0.2, -0.15) is 0 Å². The molecule has 5 nitrogen and oxygen atoms in total. The van der Waals surface area contributed by atoms with Crippen LogP contribution in [0.3, 0.4) is 0 Å². The molecule has 1 heterocycles. The van der Waals surface area contributed by atoms with Gasteiger partial charge in [0.2, 0.25) is 0 Å². The van der Waals surface area contributed by atoms with E-state index in [1.807, 2.05) is 19.1 Å². The highest BCUT2D eigenvalue weighted by molar-refractivity contribution is 6.32. The summed E-state index contributed by atoms with van der Waals surface area (Å²) in [6.45, 7) is 2.00. The van der Waals surface area contributed by atoms with Crippen molar-refractivity contribution in [3.05, 3.63) is 52.1 Å². The van der Waals surface area contributed by atoms with Crippen molar-refractivity contribution in [2.75, 3.05) is 14.2 Å². The van der Waals surface area contributed by atoms with E-state index in [4.69, 9.17) is 26.1 Å². The molecule has 0 atom stereocenters. The third-order valence-corrected chi connectivity index (χ3v) is 5.16. The Morgan fingerprint density at radius 3 is 2.56 bits per heavy atom. The number of aromatic nitrogens is 1. The largest absolute Gasteiger partial charge is 0.493 e. The zero-order chi connectivity index (χ0) is 19.4. The number of benzene rings is 1. The fourth-order valence-electron chi connectivity index (χ4n) is 3.44. The van der Waals surface area contributed by atoms with Crippen LogP contribution in [0, 0.1) is 6.92 Å². The van der Waals surface area contributed by atoms with Crippen LogP contribution in [0.15, 0.2) is 35.5 Å². The number of pyridine rings is 1. The summed E-state index contributed by atoms with van der Waals surface area (Å²) in [7, 11) is 3.03. The average Bonchev–Trinajstić information content (AvgIpc) is 2.67. The van der Waals surface area contributed by atoms with E-state index >= 15 is 0 Å². The van der Waals surface area contributed by atoms with Gasteiger partial charge in [-0.05, 0) is 49.6 Å². The fraction of sp³-hybridized carbons (Fsp3) is 0.429. The van der Waals surface area contributed by atoms with E-state index in [1.165, 1.54) is 33.5 Å². The Balaban J connectivity index is 2.05. The quantitative estimate of drug-likeness (QED) is 0.780. The van der Waals surface area contributed by atoms with Gasteiger partial charge in [-0.15, -0.1) is 0 Å². The molecular weight excluding hydrogens is 364 g/mol. The Kier molecular flexibility index (Phi) is 6.22. The van der Waals surface area contributed by atoms with Crippen LogP contribution >= 0.6 is 11.6 Å². The minimum absolute atomic E-state index is 0.201. The van der Waals surface area contributed by atoms with Gasteiger partial charge in [0.1, 0.15) is 5.49 Å². The van der Waals surface area contributed by atoms with E-state index in [-0.39, 0.29) is 11.9 Å². The van der Waals surface area contributed by atoms with Crippen LogP contribution in [0.4, 0.5) is 0 Å². The maximum absolute atomic E-state index is 13.2. The van der Waals surface area contributed by atoms with Crippen LogP contribution in [-0.2, 0) is 0 Å². The Labute approximate surface area is 164 Å². The number of methoxy groups -OCH3 is 2. The maximum atomic E-state index is 13.2. The van der Waals surface area contributed by atoms with Gasteiger partial charge in [0.15, 0.2) is 11.5 Å². The second-order valence-corrected chi connectivity index (χ2v) is 7.26. The highest BCUT2D eigenvalue weighted by Gasteiger charge is 2.18. The summed E-state index contributed by atoms with van der Waals surface area (Å²) in [5.74, 6) is 0.635. The molecule has 1 aromatic carbocycles. The van der Waals surface area contributed by atoms with E-state index in [1.54, 1.807) is 22.9 Å². The smallest absolute Gasteiger partial charge is 0.263 e. The van der Waals surface area contributed by atoms with E-state index in [2.05, 4.69) is 0 Å². The summed E-state index contributed by atoms with van der Waals surface area (Å²) in [4.78, 5) is 18.1. The number of aryl methyl sites for hydroxylation is 1. The van der Waals surface area contributed by atoms with Crippen molar-refractivity contribution in [1.29, 1.82) is 0 Å². The number of carbonyl (C=O) groups is 1. The Bertz CT molecular complexity index is 899. The van der Waals surface area contributed by atoms with Gasteiger partial charge in [0.05, 0.1) is 25.3 Å². The molecule has 1 aliphatic carbocycles. The van der Waals surface area contributed by atoms with Crippen LogP contribution < -0.4 is 15.0 Å². The molecule has 0 radical (unpaired) electrons. The lowest BCUT2D eigenvalue weighted by Crippen LogP contribution is -2.29. The molecule has 0 unspecified atom stereocenters. The van der Waals surface area contributed by atoms with Crippen LogP contribution in [0.5, 0.6) is 11.5 Å². The van der Waals surface area contributed by atoms with Crippen molar-refractivity contribution in [2.24, 2.45) is 4.99 Å². The lowest BCUT2D eigenvalue weighted by atomic mass is 9.96. The van der Waals surface area contributed by atoms with Crippen LogP contribution in [0.25, 0.3) is 0 Å². The summed E-state index contributed by atoms with van der Waals surface area (Å²) in [6, 6.07) is 7.37. The Morgan fingerprint density at radius 1 is 1.15 bits per heavy atom. The standard InChI is InChI=1S/C21H25ClN2O3/c1-14-9-10-24(19(11-14)23-16-7-5-4-6-8-16)21(25)15-12-17(22)20(27-3)18(13-15)26-2/h9-13,16H,4-8H2,1-3H3. The van der Waals surface area contributed by atoms with Gasteiger partial charge in [-0.25, -0.2) is 0 Å². The second-order valence-electron chi connectivity index (χ2n) is 6.85. The SMILES string of the molecule is COc1cc(C(=O)n2ccc(C)cc2=NC2CCCCC2)cc(Cl)c1OC. The lowest BCUT2D eigenvalue weighted by Gasteiger charge is -2.18. The predicted molar refractivity (Wildman–Crippen MR) is 106 cm³/mol. The van der Waals surface area contributed by atoms with Crippen LogP contribution in [-0.4, -0.2) is 30.7 Å². The molecule has 0 bridgehead atoms. The number of halogens is 1. The normalized spacial score (nSPS) is 15.6. The molecule has 1 saturated carbocycles. The molecule has 6 heteroatoms. The van der Waals surface area contributed by atoms with Gasteiger partial charge in [-0.3, -0.25) is 14.4 Å². The molecule has 0 aliphatic heterocycles. The van der Waals surface area contributed by atoms with E-state index in [9.17, 15) is 4.79 Å². The van der Waals surface area contributed by atoms with Crippen LogP contribution in [0.2, 0.25) is 5.02 Å². The number of rotatable bonds is 4. The molecule has 1 aromatic heterocycles. The van der Waals surface area contributed by atoms with Crippen molar-refractivity contribution in [3.8, 4) is 11.5 Å². The Morgan fingerprint density at radius 2 is 1.89 bits per heavy atom. The van der Waals surface area contributed by atoms with Gasteiger partial charge in [0.25, 0.3) is 5.91 Å². The second kappa shape index (κ2) is 8.61. The number of nitrogens with zero attached hydrogens (tertiary/aromatic N) is 2. The van der Waals surface area contributed by atoms with Crippen molar-refractivity contribution >= 4 is 17.5 Å². The molecule has 3 rings (SSSR count). The predicted octanol–water partition coefficient (Wildman–Crippen LogP) is 4.39. The van der Waals surface area contributed by atoms with Crippen molar-refractivity contribution < 1.29 is 14.3 Å². The third kappa shape index (κ3) is 4.35. The number of ether oxygens (including phenoxy) is 2. The molecule has 0 N–H and O–H groups in total. The monoisotopic (exact) mass is 388 g/mol. The zero-order valence-electron chi connectivity index (χ0n) is 16.0. The van der Waals surface area contributed by atoms with Crippen molar-refractivity contribution in [3.63, 3.8) is 0 Å². The lowest BCUT2D eigenvalue weighted by molar-refractivity contribution is 0.0954. The first kappa shape index (κ1) is 19.5. The van der Waals surface area contributed by atoms with Crippen molar-refractivity contribution in [2.45, 2.75) is 45.1 Å². The van der Waals surface area contributed by atoms with Crippen LogP contribution in [0.1, 0.15) is 48.0 Å². The first-order chi connectivity index (χ1) is 13.0. The van der Waals surface area contributed by atoms with E-state index in [0.29, 0.717) is 27.6 Å². The van der Waals surface area contributed by atoms with Crippen molar-refractivity contribution in [1.82, 2.24) is 4.57 Å². The average molecular weight is 389 g/mol. The molecule has 27 heavy (non-hydrogen) atoms. The molecule has 0 amide bonds. The maximum Gasteiger partial charge on any atom is 0.263 e. The number of hydrogen-bond donors (Lipinski definition) is 0. The van der Waals surface area contributed by atoms with Gasteiger partial charge < -0.3 is 9.47 Å². The Hall–Kier alpha value is -2.27. The fourth-order valence-corrected chi connectivity index (χ4v) is 3.73. The minimum atomic E-state index is -0.201. The molecule has 1 fully saturated rings. The molecular formula is C21H25ClN2O3.